The number of anilines is 1. The Morgan fingerprint density at radius 1 is 1.36 bits per heavy atom. The highest BCUT2D eigenvalue weighted by atomic mass is 32.1. The van der Waals surface area contributed by atoms with Crippen molar-refractivity contribution in [2.24, 2.45) is 5.73 Å². The van der Waals surface area contributed by atoms with E-state index < -0.39 is 0 Å². The molecule has 3 N–H and O–H groups in total. The van der Waals surface area contributed by atoms with Gasteiger partial charge in [0.1, 0.15) is 0 Å². The highest BCUT2D eigenvalue weighted by Gasteiger charge is 2.28. The van der Waals surface area contributed by atoms with E-state index in [-0.39, 0.29) is 17.9 Å². The molecule has 1 aromatic heterocycles. The smallest absolute Gasteiger partial charge is 0.248 e. The predicted molar refractivity (Wildman–Crippen MR) is 101 cm³/mol. The van der Waals surface area contributed by atoms with E-state index in [0.29, 0.717) is 6.54 Å². The quantitative estimate of drug-likeness (QED) is 0.783. The molecule has 1 fully saturated rings. The van der Waals surface area contributed by atoms with E-state index in [1.165, 1.54) is 6.08 Å². The minimum atomic E-state index is -0.263. The number of benzene rings is 1. The molecule has 2 aromatic rings. The predicted octanol–water partition coefficient (Wildman–Crippen LogP) is 2.85. The van der Waals surface area contributed by atoms with Gasteiger partial charge < -0.3 is 11.1 Å². The fraction of sp³-hybridized carbons (Fsp3) is 0.263. The lowest BCUT2D eigenvalue weighted by molar-refractivity contribution is -0.122. The molecule has 1 aliphatic rings. The Labute approximate surface area is 151 Å². The maximum absolute atomic E-state index is 12.0. The second-order valence-corrected chi connectivity index (χ2v) is 6.89. The van der Waals surface area contributed by atoms with Crippen molar-refractivity contribution in [1.29, 1.82) is 0 Å². The third-order valence-electron chi connectivity index (χ3n) is 4.24. The summed E-state index contributed by atoms with van der Waals surface area (Å²) in [5, 5.41) is 6.82. The average Bonchev–Trinajstić information content (AvgIpc) is 3.24. The Morgan fingerprint density at radius 3 is 3.00 bits per heavy atom. The van der Waals surface area contributed by atoms with Crippen LogP contribution in [0.2, 0.25) is 0 Å². The topological polar surface area (TPSA) is 75.4 Å². The van der Waals surface area contributed by atoms with Crippen LogP contribution in [0.3, 0.4) is 0 Å². The molecule has 25 heavy (non-hydrogen) atoms. The van der Waals surface area contributed by atoms with Crippen molar-refractivity contribution in [2.75, 3.05) is 11.9 Å². The summed E-state index contributed by atoms with van der Waals surface area (Å²) in [7, 11) is 0. The first kappa shape index (κ1) is 17.4. The zero-order valence-electron chi connectivity index (χ0n) is 13.9. The number of primary amides is 1. The number of likely N-dealkylation sites (tertiary alicyclic amines) is 1. The minimum Gasteiger partial charge on any atom is -0.368 e. The molecule has 0 spiro atoms. The molecular weight excluding hydrogens is 334 g/mol. The van der Waals surface area contributed by atoms with Gasteiger partial charge in [-0.25, -0.2) is 0 Å². The van der Waals surface area contributed by atoms with Crippen molar-refractivity contribution in [1.82, 2.24) is 4.90 Å². The molecule has 0 saturated carbocycles. The number of rotatable bonds is 6. The highest BCUT2D eigenvalue weighted by molar-refractivity contribution is 7.08. The molecule has 1 atom stereocenters. The van der Waals surface area contributed by atoms with Gasteiger partial charge in [-0.3, -0.25) is 14.5 Å². The molecule has 2 heterocycles. The van der Waals surface area contributed by atoms with E-state index in [0.717, 1.165) is 36.2 Å². The third kappa shape index (κ3) is 4.78. The molecule has 0 bridgehead atoms. The first-order valence-corrected chi connectivity index (χ1v) is 9.20. The lowest BCUT2D eigenvalue weighted by Crippen LogP contribution is -2.39. The first-order valence-electron chi connectivity index (χ1n) is 8.25. The van der Waals surface area contributed by atoms with Crippen molar-refractivity contribution >= 4 is 34.9 Å². The Hall–Kier alpha value is -2.44. The van der Waals surface area contributed by atoms with Crippen LogP contribution < -0.4 is 11.1 Å². The van der Waals surface area contributed by atoms with Gasteiger partial charge in [-0.2, -0.15) is 11.3 Å². The number of carbonyl (C=O) groups excluding carboxylic acids is 2. The number of nitrogens with zero attached hydrogens (tertiary/aromatic N) is 1. The summed E-state index contributed by atoms with van der Waals surface area (Å²) in [5.41, 5.74) is 8.27. The van der Waals surface area contributed by atoms with Crippen LogP contribution in [0.1, 0.15) is 24.0 Å². The lowest BCUT2D eigenvalue weighted by atomic mass is 10.1. The summed E-state index contributed by atoms with van der Waals surface area (Å²) in [4.78, 5) is 25.6. The van der Waals surface area contributed by atoms with Crippen LogP contribution in [0.5, 0.6) is 0 Å². The molecule has 3 rings (SSSR count). The van der Waals surface area contributed by atoms with Gasteiger partial charge in [0.05, 0.1) is 6.04 Å². The molecule has 1 aromatic carbocycles. The summed E-state index contributed by atoms with van der Waals surface area (Å²) < 4.78 is 0. The van der Waals surface area contributed by atoms with E-state index in [1.54, 1.807) is 17.4 Å². The molecule has 6 heteroatoms. The van der Waals surface area contributed by atoms with Crippen molar-refractivity contribution in [3.63, 3.8) is 0 Å². The standard InChI is InChI=1S/C19H21N3O2S/c20-19(24)17-5-2-9-22(17)12-15-3-1-4-16(11-15)21-18(23)7-6-14-8-10-25-13-14/h1,3-4,6-8,10-11,13,17H,2,5,9,12H2,(H2,20,24)(H,21,23)/b7-6+. The van der Waals surface area contributed by atoms with Crippen LogP contribution in [0.25, 0.3) is 6.08 Å². The second kappa shape index (κ2) is 8.09. The third-order valence-corrected chi connectivity index (χ3v) is 4.94. The van der Waals surface area contributed by atoms with Crippen molar-refractivity contribution in [3.8, 4) is 0 Å². The number of hydrogen-bond acceptors (Lipinski definition) is 4. The van der Waals surface area contributed by atoms with E-state index in [9.17, 15) is 9.59 Å². The number of amides is 2. The molecular formula is C19H21N3O2S. The van der Waals surface area contributed by atoms with E-state index >= 15 is 0 Å². The SMILES string of the molecule is NC(=O)C1CCCN1Cc1cccc(NC(=O)/C=C/c2ccsc2)c1. The van der Waals surface area contributed by atoms with Crippen LogP contribution in [-0.4, -0.2) is 29.3 Å². The Morgan fingerprint density at radius 2 is 2.24 bits per heavy atom. The molecule has 2 amide bonds. The summed E-state index contributed by atoms with van der Waals surface area (Å²) >= 11 is 1.59. The van der Waals surface area contributed by atoms with Crippen LogP contribution in [0.4, 0.5) is 5.69 Å². The number of thiophene rings is 1. The molecule has 1 saturated heterocycles. The van der Waals surface area contributed by atoms with Crippen molar-refractivity contribution < 1.29 is 9.59 Å². The summed E-state index contributed by atoms with van der Waals surface area (Å²) in [6.07, 6.45) is 5.12. The second-order valence-electron chi connectivity index (χ2n) is 6.11. The van der Waals surface area contributed by atoms with Crippen molar-refractivity contribution in [3.05, 3.63) is 58.3 Å². The Bertz CT molecular complexity index is 771. The van der Waals surface area contributed by atoms with Gasteiger partial charge in [-0.15, -0.1) is 0 Å². The van der Waals surface area contributed by atoms with E-state index in [4.69, 9.17) is 5.73 Å². The molecule has 5 nitrogen and oxygen atoms in total. The maximum Gasteiger partial charge on any atom is 0.248 e. The normalized spacial score (nSPS) is 17.8. The lowest BCUT2D eigenvalue weighted by Gasteiger charge is -2.22. The number of carbonyl (C=O) groups is 2. The van der Waals surface area contributed by atoms with E-state index in [2.05, 4.69) is 10.2 Å². The van der Waals surface area contributed by atoms with Crippen LogP contribution >= 0.6 is 11.3 Å². The van der Waals surface area contributed by atoms with Crippen molar-refractivity contribution in [2.45, 2.75) is 25.4 Å². The van der Waals surface area contributed by atoms with Crippen LogP contribution in [0, 0.1) is 0 Å². The van der Waals surface area contributed by atoms with Gasteiger partial charge in [0.2, 0.25) is 11.8 Å². The van der Waals surface area contributed by atoms with Gasteiger partial charge >= 0.3 is 0 Å². The van der Waals surface area contributed by atoms with Gasteiger partial charge in [0, 0.05) is 18.3 Å². The van der Waals surface area contributed by atoms with Crippen LogP contribution in [0.15, 0.2) is 47.2 Å². The average molecular weight is 355 g/mol. The zero-order chi connectivity index (χ0) is 17.6. The van der Waals surface area contributed by atoms with Gasteiger partial charge in [0.25, 0.3) is 0 Å². The molecule has 0 radical (unpaired) electrons. The molecule has 130 valence electrons. The number of nitrogens with two attached hydrogens (primary N) is 1. The number of nitrogens with one attached hydrogen (secondary N) is 1. The molecule has 1 unspecified atom stereocenters. The zero-order valence-corrected chi connectivity index (χ0v) is 14.7. The van der Waals surface area contributed by atoms with Gasteiger partial charge in [0.15, 0.2) is 0 Å². The summed E-state index contributed by atoms with van der Waals surface area (Å²) in [5.74, 6) is -0.431. The largest absolute Gasteiger partial charge is 0.368 e. The molecule has 1 aliphatic heterocycles. The summed E-state index contributed by atoms with van der Waals surface area (Å²) in [6.45, 7) is 1.52. The fourth-order valence-electron chi connectivity index (χ4n) is 3.05. The summed E-state index contributed by atoms with van der Waals surface area (Å²) in [6, 6.07) is 9.46. The van der Waals surface area contributed by atoms with E-state index in [1.807, 2.05) is 41.1 Å². The molecule has 0 aliphatic carbocycles. The fourth-order valence-corrected chi connectivity index (χ4v) is 3.67. The van der Waals surface area contributed by atoms with Gasteiger partial charge in [-0.1, -0.05) is 12.1 Å². The minimum absolute atomic E-state index is 0.167. The monoisotopic (exact) mass is 355 g/mol. The Balaban J connectivity index is 1.61. The number of hydrogen-bond donors (Lipinski definition) is 2. The first-order chi connectivity index (χ1) is 12.1. The highest BCUT2D eigenvalue weighted by Crippen LogP contribution is 2.21. The van der Waals surface area contributed by atoms with Crippen LogP contribution in [-0.2, 0) is 16.1 Å². The van der Waals surface area contributed by atoms with Gasteiger partial charge in [-0.05, 0) is 65.5 Å². The Kier molecular flexibility index (Phi) is 5.63. The maximum atomic E-state index is 12.0.